The zero-order valence-electron chi connectivity index (χ0n) is 26.0. The van der Waals surface area contributed by atoms with Crippen LogP contribution in [0.1, 0.15) is 24.1 Å². The number of rotatable bonds is 11. The van der Waals surface area contributed by atoms with E-state index in [-0.39, 0.29) is 19.0 Å². The van der Waals surface area contributed by atoms with Gasteiger partial charge in [0.2, 0.25) is 17.0 Å². The number of carbonyl (C=O) groups excluding carboxylic acids is 2. The molecular formula is C29H34F2N9O6PS. The van der Waals surface area contributed by atoms with Crippen LogP contribution in [0, 0.1) is 19.8 Å². The maximum absolute atomic E-state index is 14.1. The number of halogens is 2. The summed E-state index contributed by atoms with van der Waals surface area (Å²) in [5.41, 5.74) is 3.31. The van der Waals surface area contributed by atoms with Gasteiger partial charge in [-0.3, -0.25) is 24.1 Å². The molecule has 6 rings (SSSR count). The SMILES string of the molecule is Cc1cc2c(Nc3cc(C)[nH]n3)nc(Sc3ccc(NC(=O)CN4CC[C@@H](C(=O)N5CC(F)(F)C[C@H]5COP(=O)(O)O)C4)cc3)nn2c1. The van der Waals surface area contributed by atoms with Crippen LogP contribution < -0.4 is 10.6 Å². The molecule has 0 aliphatic carbocycles. The average Bonchev–Trinajstić information content (AvgIpc) is 3.78. The standard InChI is InChI=1S/C29H34F2N9O6PS/c1-17-9-23-26(33-24-10-18(2)35-36-24)34-28(37-40(23)12-17)48-22-5-3-20(4-6-22)32-25(41)14-38-8-7-19(13-38)27(42)39-16-29(30,31)11-21(39)15-46-47(43,44)45/h3-6,9-10,12,19,21H,7-8,11,13-16H2,1-2H3,(H,32,41)(H2,43,44,45)(H2,33,34,35,36,37)/t19-,21+/m1/s1. The number of aryl methyl sites for hydroxylation is 2. The summed E-state index contributed by atoms with van der Waals surface area (Å²) in [5, 5.41) is 18.3. The highest BCUT2D eigenvalue weighted by Gasteiger charge is 2.49. The van der Waals surface area contributed by atoms with Crippen LogP contribution >= 0.6 is 19.6 Å². The quantitative estimate of drug-likeness (QED) is 0.143. The number of hydrogen-bond acceptors (Lipinski definition) is 10. The third-order valence-corrected chi connectivity index (χ3v) is 9.31. The number of carbonyl (C=O) groups is 2. The van der Waals surface area contributed by atoms with E-state index in [1.165, 1.54) is 11.8 Å². The maximum atomic E-state index is 14.1. The van der Waals surface area contributed by atoms with Gasteiger partial charge in [-0.05, 0) is 74.5 Å². The molecule has 4 aromatic rings. The maximum Gasteiger partial charge on any atom is 0.469 e. The molecule has 2 atom stereocenters. The van der Waals surface area contributed by atoms with Crippen LogP contribution in [-0.2, 0) is 18.7 Å². The van der Waals surface area contributed by atoms with E-state index in [9.17, 15) is 22.9 Å². The number of nitrogens with zero attached hydrogens (tertiary/aromatic N) is 6. The average molecular weight is 706 g/mol. The number of alkyl halides is 2. The zero-order valence-corrected chi connectivity index (χ0v) is 27.7. The van der Waals surface area contributed by atoms with Crippen LogP contribution in [0.15, 0.2) is 52.6 Å². The highest BCUT2D eigenvalue weighted by atomic mass is 32.2. The van der Waals surface area contributed by atoms with E-state index in [4.69, 9.17) is 14.8 Å². The molecule has 15 nitrogen and oxygen atoms in total. The van der Waals surface area contributed by atoms with Gasteiger partial charge in [0, 0.05) is 41.5 Å². The van der Waals surface area contributed by atoms with Crippen molar-refractivity contribution < 1.29 is 37.2 Å². The Balaban J connectivity index is 1.02. The molecule has 0 radical (unpaired) electrons. The first-order valence-electron chi connectivity index (χ1n) is 15.0. The third kappa shape index (κ3) is 8.37. The molecule has 0 bridgehead atoms. The fraction of sp³-hybridized carbons (Fsp3) is 0.414. The minimum absolute atomic E-state index is 0.00334. The molecule has 5 heterocycles. The zero-order chi connectivity index (χ0) is 34.2. The Kier molecular flexibility index (Phi) is 9.57. The number of phosphoric acid groups is 1. The number of aromatic nitrogens is 5. The minimum Gasteiger partial charge on any atom is -0.331 e. The van der Waals surface area contributed by atoms with Crippen molar-refractivity contribution in [3.63, 3.8) is 0 Å². The van der Waals surface area contributed by atoms with Crippen LogP contribution in [-0.4, -0.2) is 101 Å². The van der Waals surface area contributed by atoms with Gasteiger partial charge in [-0.1, -0.05) is 0 Å². The second-order valence-electron chi connectivity index (χ2n) is 12.0. The number of aromatic amines is 1. The fourth-order valence-electron chi connectivity index (χ4n) is 5.86. The molecule has 2 aliphatic heterocycles. The first-order valence-corrected chi connectivity index (χ1v) is 17.4. The lowest BCUT2D eigenvalue weighted by molar-refractivity contribution is -0.138. The molecule has 3 aromatic heterocycles. The fourth-order valence-corrected chi connectivity index (χ4v) is 6.98. The van der Waals surface area contributed by atoms with Crippen molar-refractivity contribution in [1.82, 2.24) is 34.6 Å². The predicted molar refractivity (Wildman–Crippen MR) is 171 cm³/mol. The van der Waals surface area contributed by atoms with E-state index in [1.54, 1.807) is 21.5 Å². The van der Waals surface area contributed by atoms with Gasteiger partial charge < -0.3 is 25.3 Å². The molecule has 5 N–H and O–H groups in total. The molecule has 2 saturated heterocycles. The van der Waals surface area contributed by atoms with Crippen molar-refractivity contribution in [3.8, 4) is 0 Å². The van der Waals surface area contributed by atoms with Crippen molar-refractivity contribution in [2.45, 2.75) is 48.7 Å². The molecule has 2 aliphatic rings. The van der Waals surface area contributed by atoms with Crippen LogP contribution in [0.5, 0.6) is 0 Å². The molecule has 2 fully saturated rings. The third-order valence-electron chi connectivity index (χ3n) is 7.96. The van der Waals surface area contributed by atoms with Crippen molar-refractivity contribution in [2.24, 2.45) is 5.92 Å². The number of nitrogens with one attached hydrogen (secondary N) is 3. The van der Waals surface area contributed by atoms with Crippen molar-refractivity contribution >= 4 is 54.2 Å². The first kappa shape index (κ1) is 34.0. The predicted octanol–water partition coefficient (Wildman–Crippen LogP) is 3.57. The van der Waals surface area contributed by atoms with E-state index in [2.05, 4.69) is 30.5 Å². The number of hydrogen-bond donors (Lipinski definition) is 5. The molecule has 1 aromatic carbocycles. The van der Waals surface area contributed by atoms with Gasteiger partial charge in [0.25, 0.3) is 5.92 Å². The number of fused-ring (bicyclic) bond motifs is 1. The summed E-state index contributed by atoms with van der Waals surface area (Å²) in [6, 6.07) is 9.88. The topological polar surface area (TPSA) is 190 Å². The van der Waals surface area contributed by atoms with Gasteiger partial charge in [-0.2, -0.15) is 5.10 Å². The Morgan fingerprint density at radius 3 is 2.69 bits per heavy atom. The number of amides is 2. The summed E-state index contributed by atoms with van der Waals surface area (Å²) in [6.07, 6.45) is 1.53. The molecule has 0 spiro atoms. The van der Waals surface area contributed by atoms with Gasteiger partial charge in [0.05, 0.1) is 31.7 Å². The highest BCUT2D eigenvalue weighted by molar-refractivity contribution is 7.99. The minimum atomic E-state index is -4.88. The Morgan fingerprint density at radius 1 is 1.21 bits per heavy atom. The largest absolute Gasteiger partial charge is 0.469 e. The van der Waals surface area contributed by atoms with Gasteiger partial charge in [-0.25, -0.2) is 22.8 Å². The molecule has 48 heavy (non-hydrogen) atoms. The molecular weight excluding hydrogens is 671 g/mol. The first-order chi connectivity index (χ1) is 22.7. The van der Waals surface area contributed by atoms with Crippen molar-refractivity contribution in [3.05, 3.63) is 53.9 Å². The van der Waals surface area contributed by atoms with Gasteiger partial charge >= 0.3 is 7.82 Å². The highest BCUT2D eigenvalue weighted by Crippen LogP contribution is 2.40. The normalized spacial score (nSPS) is 19.7. The summed E-state index contributed by atoms with van der Waals surface area (Å²) in [4.78, 5) is 52.1. The smallest absolute Gasteiger partial charge is 0.331 e. The molecule has 0 saturated carbocycles. The van der Waals surface area contributed by atoms with Gasteiger partial charge in [0.15, 0.2) is 11.6 Å². The summed E-state index contributed by atoms with van der Waals surface area (Å²) in [6.45, 7) is 2.94. The second kappa shape index (κ2) is 13.5. The number of phosphoric ester groups is 1. The summed E-state index contributed by atoms with van der Waals surface area (Å²) in [7, 11) is -4.88. The van der Waals surface area contributed by atoms with E-state index < -0.39 is 51.2 Å². The Hall–Kier alpha value is -3.93. The van der Waals surface area contributed by atoms with E-state index in [0.29, 0.717) is 35.4 Å². The number of likely N-dealkylation sites (tertiary alicyclic amines) is 2. The lowest BCUT2D eigenvalue weighted by atomic mass is 10.1. The summed E-state index contributed by atoms with van der Waals surface area (Å²) >= 11 is 1.35. The van der Waals surface area contributed by atoms with Crippen LogP contribution in [0.4, 0.5) is 26.1 Å². The monoisotopic (exact) mass is 705 g/mol. The van der Waals surface area contributed by atoms with Crippen LogP contribution in [0.25, 0.3) is 5.52 Å². The number of H-pyrrole nitrogens is 1. The summed E-state index contributed by atoms with van der Waals surface area (Å²) in [5.74, 6) is -3.42. The van der Waals surface area contributed by atoms with Crippen molar-refractivity contribution in [2.75, 3.05) is 43.4 Å². The Labute approximate surface area is 277 Å². The molecule has 256 valence electrons. The van der Waals surface area contributed by atoms with Crippen LogP contribution in [0.3, 0.4) is 0 Å². The van der Waals surface area contributed by atoms with Gasteiger partial charge in [0.1, 0.15) is 5.52 Å². The second-order valence-corrected chi connectivity index (χ2v) is 14.3. The van der Waals surface area contributed by atoms with E-state index in [0.717, 1.165) is 26.6 Å². The van der Waals surface area contributed by atoms with Gasteiger partial charge in [-0.15, -0.1) is 5.10 Å². The lowest BCUT2D eigenvalue weighted by Gasteiger charge is -2.26. The van der Waals surface area contributed by atoms with Crippen molar-refractivity contribution in [1.29, 1.82) is 0 Å². The van der Waals surface area contributed by atoms with E-state index in [1.807, 2.05) is 44.3 Å². The summed E-state index contributed by atoms with van der Waals surface area (Å²) < 4.78 is 45.5. The lowest BCUT2D eigenvalue weighted by Crippen LogP contribution is -2.43. The molecule has 2 amide bonds. The Morgan fingerprint density at radius 2 is 1.98 bits per heavy atom. The molecule has 19 heteroatoms. The number of benzene rings is 1. The number of anilines is 3. The van der Waals surface area contributed by atoms with E-state index >= 15 is 0 Å². The van der Waals surface area contributed by atoms with Crippen LogP contribution in [0.2, 0.25) is 0 Å². The molecule has 0 unspecified atom stereocenters. The Bertz CT molecular complexity index is 1870.